The molecule has 4 heterocycles. The second kappa shape index (κ2) is 11.4. The predicted octanol–water partition coefficient (Wildman–Crippen LogP) is 3.33. The molecule has 10 nitrogen and oxygen atoms in total. The number of amides is 1. The number of nitrogens with zero attached hydrogens (tertiary/aromatic N) is 6. The summed E-state index contributed by atoms with van der Waals surface area (Å²) >= 11 is 0. The van der Waals surface area contributed by atoms with Gasteiger partial charge in [-0.05, 0) is 72.6 Å². The first-order valence-electron chi connectivity index (χ1n) is 13.4. The number of para-hydroxylation sites is 1. The average Bonchev–Trinajstić information content (AvgIpc) is 3.00. The lowest BCUT2D eigenvalue weighted by molar-refractivity contribution is 0.0958. The molecule has 4 N–H and O–H groups in total. The van der Waals surface area contributed by atoms with Crippen molar-refractivity contribution in [3.8, 4) is 28.8 Å². The summed E-state index contributed by atoms with van der Waals surface area (Å²) < 4.78 is 0. The fourth-order valence-corrected chi connectivity index (χ4v) is 5.48. The van der Waals surface area contributed by atoms with Crippen LogP contribution in [-0.2, 0) is 0 Å². The highest BCUT2D eigenvalue weighted by Gasteiger charge is 2.32. The zero-order valence-corrected chi connectivity index (χ0v) is 22.2. The number of piperidine rings is 1. The number of rotatable bonds is 5. The lowest BCUT2D eigenvalue weighted by Crippen LogP contribution is -2.42. The Bertz CT molecular complexity index is 1680. The van der Waals surface area contributed by atoms with Gasteiger partial charge < -0.3 is 21.1 Å². The van der Waals surface area contributed by atoms with Crippen LogP contribution in [0.2, 0.25) is 0 Å². The number of carbonyl (C=O) groups excluding carboxylic acids is 1. The number of nitrogens with one attached hydrogen (secondary N) is 1. The van der Waals surface area contributed by atoms with E-state index in [0.29, 0.717) is 40.3 Å². The van der Waals surface area contributed by atoms with Crippen LogP contribution >= 0.6 is 0 Å². The average molecular weight is 545 g/mol. The summed E-state index contributed by atoms with van der Waals surface area (Å²) in [6.07, 6.45) is 9.13. The van der Waals surface area contributed by atoms with Crippen molar-refractivity contribution in [2.75, 3.05) is 30.3 Å². The molecular weight excluding hydrogens is 516 g/mol. The molecule has 1 fully saturated rings. The first kappa shape index (κ1) is 26.0. The minimum absolute atomic E-state index is 0.156. The topological polar surface area (TPSA) is 143 Å². The molecule has 41 heavy (non-hydrogen) atoms. The third-order valence-electron chi connectivity index (χ3n) is 7.28. The van der Waals surface area contributed by atoms with Crippen molar-refractivity contribution in [1.29, 1.82) is 0 Å². The van der Waals surface area contributed by atoms with Gasteiger partial charge in [0.15, 0.2) is 5.82 Å². The van der Waals surface area contributed by atoms with E-state index in [9.17, 15) is 9.90 Å². The fourth-order valence-electron chi connectivity index (χ4n) is 5.48. The van der Waals surface area contributed by atoms with E-state index in [1.165, 1.54) is 11.8 Å². The van der Waals surface area contributed by atoms with Crippen molar-refractivity contribution in [3.05, 3.63) is 90.3 Å². The first-order chi connectivity index (χ1) is 20.0. The Morgan fingerprint density at radius 1 is 1.10 bits per heavy atom. The highest BCUT2D eigenvalue weighted by Crippen LogP contribution is 2.40. The number of aromatic nitrogens is 5. The van der Waals surface area contributed by atoms with Crippen molar-refractivity contribution in [3.63, 3.8) is 0 Å². The predicted molar refractivity (Wildman–Crippen MR) is 155 cm³/mol. The van der Waals surface area contributed by atoms with E-state index in [1.807, 2.05) is 24.3 Å². The molecule has 204 valence electrons. The largest absolute Gasteiger partial charge is 0.507 e. The Balaban J connectivity index is 1.14. The Labute approximate surface area is 237 Å². The number of carbonyl (C=O) groups is 1. The standard InChI is InChI=1S/C31H28N8O2/c32-30-27(16-26(37-38-30)24-6-1-2-7-28(24)40)39-18-20-13-21(19-39)15-23(14-20)25-9-12-34-29(36-25)8-4-11-35-31(41)22-5-3-10-33-17-22/h1-3,5-7,9-10,12,14,16-17,20-21,40H,11,13,15,18-19H2,(H2,32,38)(H,35,41). The number of hydrogen-bond acceptors (Lipinski definition) is 9. The van der Waals surface area contributed by atoms with Crippen LogP contribution in [0.15, 0.2) is 73.2 Å². The summed E-state index contributed by atoms with van der Waals surface area (Å²) in [4.78, 5) is 27.4. The Morgan fingerprint density at radius 3 is 2.83 bits per heavy atom. The van der Waals surface area contributed by atoms with Gasteiger partial charge in [-0.15, -0.1) is 10.2 Å². The molecule has 0 saturated carbocycles. The summed E-state index contributed by atoms with van der Waals surface area (Å²) in [6, 6.07) is 14.3. The second-order valence-electron chi connectivity index (χ2n) is 10.2. The lowest BCUT2D eigenvalue weighted by atomic mass is 9.78. The number of phenols is 1. The highest BCUT2D eigenvalue weighted by atomic mass is 16.3. The van der Waals surface area contributed by atoms with Gasteiger partial charge in [-0.25, -0.2) is 9.97 Å². The number of nitrogens with two attached hydrogens (primary N) is 1. The minimum Gasteiger partial charge on any atom is -0.507 e. The summed E-state index contributed by atoms with van der Waals surface area (Å²) in [6.45, 7) is 1.81. The molecule has 0 spiro atoms. The van der Waals surface area contributed by atoms with Crippen LogP contribution < -0.4 is 16.0 Å². The summed E-state index contributed by atoms with van der Waals surface area (Å²) in [7, 11) is 0. The van der Waals surface area contributed by atoms with Crippen molar-refractivity contribution in [2.45, 2.75) is 12.8 Å². The molecule has 4 aromatic rings. The monoisotopic (exact) mass is 544 g/mol. The maximum Gasteiger partial charge on any atom is 0.253 e. The minimum atomic E-state index is -0.228. The van der Waals surface area contributed by atoms with Gasteiger partial charge in [0.2, 0.25) is 5.82 Å². The molecule has 2 aliphatic rings. The zero-order chi connectivity index (χ0) is 28.2. The van der Waals surface area contributed by atoms with Gasteiger partial charge in [0, 0.05) is 37.2 Å². The number of benzene rings is 1. The molecule has 6 rings (SSSR count). The number of phenolic OH excluding ortho intramolecular Hbond substituents is 1. The molecule has 10 heteroatoms. The molecule has 1 aromatic carbocycles. The Hall–Kier alpha value is -5.30. The van der Waals surface area contributed by atoms with Gasteiger partial charge in [-0.3, -0.25) is 9.78 Å². The van der Waals surface area contributed by atoms with Crippen LogP contribution in [-0.4, -0.2) is 55.8 Å². The maximum atomic E-state index is 12.2. The van der Waals surface area contributed by atoms with E-state index in [-0.39, 0.29) is 18.2 Å². The first-order valence-corrected chi connectivity index (χ1v) is 13.4. The van der Waals surface area contributed by atoms with Crippen molar-refractivity contribution >= 4 is 23.0 Å². The third kappa shape index (κ3) is 5.84. The molecule has 0 radical (unpaired) electrons. The van der Waals surface area contributed by atoms with Gasteiger partial charge in [0.1, 0.15) is 5.75 Å². The Morgan fingerprint density at radius 2 is 2.00 bits per heavy atom. The number of hydrogen-bond donors (Lipinski definition) is 3. The normalized spacial score (nSPS) is 17.7. The van der Waals surface area contributed by atoms with Gasteiger partial charge in [-0.2, -0.15) is 0 Å². The molecule has 2 bridgehead atoms. The molecule has 1 amide bonds. The summed E-state index contributed by atoms with van der Waals surface area (Å²) in [5, 5.41) is 21.5. The lowest BCUT2D eigenvalue weighted by Gasteiger charge is -2.41. The van der Waals surface area contributed by atoms with E-state index < -0.39 is 0 Å². The fraction of sp³-hybridized carbons (Fsp3) is 0.226. The van der Waals surface area contributed by atoms with E-state index >= 15 is 0 Å². The van der Waals surface area contributed by atoms with Gasteiger partial charge in [-0.1, -0.05) is 24.1 Å². The summed E-state index contributed by atoms with van der Waals surface area (Å²) in [5.41, 5.74) is 10.9. The zero-order valence-electron chi connectivity index (χ0n) is 22.2. The molecule has 3 aromatic heterocycles. The summed E-state index contributed by atoms with van der Waals surface area (Å²) in [5.74, 6) is 7.36. The molecular formula is C31H28N8O2. The van der Waals surface area contributed by atoms with E-state index in [4.69, 9.17) is 10.7 Å². The van der Waals surface area contributed by atoms with Crippen molar-refractivity contribution in [1.82, 2.24) is 30.5 Å². The smallest absolute Gasteiger partial charge is 0.253 e. The van der Waals surface area contributed by atoms with Gasteiger partial charge in [0.05, 0.1) is 29.2 Å². The highest BCUT2D eigenvalue weighted by molar-refractivity contribution is 5.93. The van der Waals surface area contributed by atoms with Crippen molar-refractivity contribution in [2.24, 2.45) is 11.8 Å². The van der Waals surface area contributed by atoms with Crippen LogP contribution in [0.25, 0.3) is 16.8 Å². The number of fused-ring (bicyclic) bond motifs is 2. The number of allylic oxidation sites excluding steroid dienone is 1. The van der Waals surface area contributed by atoms with Crippen LogP contribution in [0, 0.1) is 23.7 Å². The molecule has 1 aliphatic heterocycles. The van der Waals surface area contributed by atoms with Crippen LogP contribution in [0.3, 0.4) is 0 Å². The van der Waals surface area contributed by atoms with E-state index in [1.54, 1.807) is 36.7 Å². The number of pyridine rings is 1. The van der Waals surface area contributed by atoms with Crippen LogP contribution in [0.1, 0.15) is 34.7 Å². The van der Waals surface area contributed by atoms with Gasteiger partial charge in [0.25, 0.3) is 5.91 Å². The number of anilines is 2. The van der Waals surface area contributed by atoms with Crippen LogP contribution in [0.4, 0.5) is 11.5 Å². The molecule has 2 atom stereocenters. The van der Waals surface area contributed by atoms with Crippen molar-refractivity contribution < 1.29 is 9.90 Å². The quantitative estimate of drug-likeness (QED) is 0.322. The van der Waals surface area contributed by atoms with E-state index in [2.05, 4.69) is 48.3 Å². The SMILES string of the molecule is Nc1nnc(-c2ccccc2O)cc1N1CC2C=C(c3ccnc(C#CCNC(=O)c4cccnc4)n3)CC(C2)C1. The number of aromatic hydroxyl groups is 1. The van der Waals surface area contributed by atoms with Crippen LogP contribution in [0.5, 0.6) is 5.75 Å². The Kier molecular flexibility index (Phi) is 7.24. The molecule has 2 unspecified atom stereocenters. The second-order valence-corrected chi connectivity index (χ2v) is 10.2. The molecule has 1 saturated heterocycles. The molecule has 1 aliphatic carbocycles. The van der Waals surface area contributed by atoms with Gasteiger partial charge >= 0.3 is 0 Å². The maximum absolute atomic E-state index is 12.2. The third-order valence-corrected chi connectivity index (χ3v) is 7.28. The van der Waals surface area contributed by atoms with E-state index in [0.717, 1.165) is 37.3 Å². The number of nitrogen functional groups attached to an aromatic ring is 1.